The van der Waals surface area contributed by atoms with E-state index in [9.17, 15) is 4.79 Å². The molecule has 4 N–H and O–H groups in total. The molecule has 0 aromatic heterocycles. The van der Waals surface area contributed by atoms with Gasteiger partial charge < -0.3 is 16.3 Å². The smallest absolute Gasteiger partial charge is 0.231 e. The Balaban J connectivity index is 2.70. The summed E-state index contributed by atoms with van der Waals surface area (Å²) in [6.45, 7) is 3.80. The number of carbonyl (C=O) groups is 1. The highest BCUT2D eigenvalue weighted by Crippen LogP contribution is 2.27. The average Bonchev–Trinajstić information content (AvgIpc) is 2.38. The van der Waals surface area contributed by atoms with E-state index in [1.807, 2.05) is 13.8 Å². The zero-order chi connectivity index (χ0) is 14.4. The summed E-state index contributed by atoms with van der Waals surface area (Å²) in [6.07, 6.45) is 6.61. The number of oxime groups is 1. The van der Waals surface area contributed by atoms with Crippen molar-refractivity contribution in [3.8, 4) is 0 Å². The summed E-state index contributed by atoms with van der Waals surface area (Å²) in [6, 6.07) is 0.198. The number of amidine groups is 1. The Kier molecular flexibility index (Phi) is 6.48. The molecule has 110 valence electrons. The summed E-state index contributed by atoms with van der Waals surface area (Å²) >= 11 is 1.80. The van der Waals surface area contributed by atoms with Gasteiger partial charge in [-0.25, -0.2) is 0 Å². The lowest BCUT2D eigenvalue weighted by Crippen LogP contribution is -2.49. The Bertz CT molecular complexity index is 334. The van der Waals surface area contributed by atoms with Gasteiger partial charge in [0.25, 0.3) is 0 Å². The molecule has 0 aromatic rings. The van der Waals surface area contributed by atoms with Gasteiger partial charge in [-0.15, -0.1) is 0 Å². The first-order valence-electron chi connectivity index (χ1n) is 6.81. The molecule has 1 fully saturated rings. The van der Waals surface area contributed by atoms with Gasteiger partial charge in [0.15, 0.2) is 5.84 Å². The largest absolute Gasteiger partial charge is 0.409 e. The number of rotatable bonds is 5. The van der Waals surface area contributed by atoms with E-state index in [1.54, 1.807) is 11.8 Å². The number of hydrogen-bond donors (Lipinski definition) is 3. The molecule has 0 bridgehead atoms. The van der Waals surface area contributed by atoms with E-state index in [-0.39, 0.29) is 23.7 Å². The third-order valence-corrected chi connectivity index (χ3v) is 4.89. The molecule has 1 aliphatic carbocycles. The van der Waals surface area contributed by atoms with Crippen molar-refractivity contribution < 1.29 is 10.0 Å². The highest BCUT2D eigenvalue weighted by molar-refractivity contribution is 7.99. The SMILES string of the molecule is CSC1CCCCC1NC(=O)C(C(N)=NO)C(C)C. The van der Waals surface area contributed by atoms with E-state index in [2.05, 4.69) is 16.7 Å². The lowest BCUT2D eigenvalue weighted by atomic mass is 9.91. The zero-order valence-electron chi connectivity index (χ0n) is 11.9. The fourth-order valence-electron chi connectivity index (χ4n) is 2.66. The fourth-order valence-corrected chi connectivity index (χ4v) is 3.59. The van der Waals surface area contributed by atoms with Crippen molar-refractivity contribution in [2.45, 2.75) is 50.8 Å². The van der Waals surface area contributed by atoms with E-state index < -0.39 is 5.92 Å². The zero-order valence-corrected chi connectivity index (χ0v) is 12.7. The van der Waals surface area contributed by atoms with Crippen LogP contribution >= 0.6 is 11.8 Å². The summed E-state index contributed by atoms with van der Waals surface area (Å²) in [5.41, 5.74) is 5.63. The fraction of sp³-hybridized carbons (Fsp3) is 0.846. The standard InChI is InChI=1S/C13H25N3O2S/c1-8(2)11(12(14)16-18)13(17)15-9-6-4-5-7-10(9)19-3/h8-11,18H,4-7H2,1-3H3,(H2,14,16)(H,15,17). The molecule has 0 saturated heterocycles. The molecule has 0 spiro atoms. The van der Waals surface area contributed by atoms with Crippen LogP contribution in [-0.2, 0) is 4.79 Å². The highest BCUT2D eigenvalue weighted by atomic mass is 32.2. The van der Waals surface area contributed by atoms with Gasteiger partial charge in [0.2, 0.25) is 5.91 Å². The van der Waals surface area contributed by atoms with Crippen LogP contribution in [0.3, 0.4) is 0 Å². The maximum Gasteiger partial charge on any atom is 0.231 e. The van der Waals surface area contributed by atoms with Gasteiger partial charge in [-0.2, -0.15) is 11.8 Å². The summed E-state index contributed by atoms with van der Waals surface area (Å²) in [5, 5.41) is 15.3. The lowest BCUT2D eigenvalue weighted by molar-refractivity contribution is -0.125. The van der Waals surface area contributed by atoms with Crippen LogP contribution in [0.2, 0.25) is 0 Å². The van der Waals surface area contributed by atoms with E-state index >= 15 is 0 Å². The second-order valence-electron chi connectivity index (χ2n) is 5.42. The van der Waals surface area contributed by atoms with E-state index in [4.69, 9.17) is 10.9 Å². The molecule has 19 heavy (non-hydrogen) atoms. The molecular weight excluding hydrogens is 262 g/mol. The van der Waals surface area contributed by atoms with Gasteiger partial charge in [-0.05, 0) is 25.0 Å². The first kappa shape index (κ1) is 16.1. The summed E-state index contributed by atoms with van der Waals surface area (Å²) in [7, 11) is 0. The van der Waals surface area contributed by atoms with Gasteiger partial charge in [-0.3, -0.25) is 4.79 Å². The van der Waals surface area contributed by atoms with Crippen molar-refractivity contribution in [1.82, 2.24) is 5.32 Å². The maximum absolute atomic E-state index is 12.3. The molecule has 0 radical (unpaired) electrons. The van der Waals surface area contributed by atoms with E-state index in [0.717, 1.165) is 19.3 Å². The number of nitrogens with one attached hydrogen (secondary N) is 1. The van der Waals surface area contributed by atoms with Crippen molar-refractivity contribution in [1.29, 1.82) is 0 Å². The minimum atomic E-state index is -0.561. The lowest BCUT2D eigenvalue weighted by Gasteiger charge is -2.32. The van der Waals surface area contributed by atoms with Crippen LogP contribution in [-0.4, -0.2) is 34.5 Å². The Morgan fingerprint density at radius 3 is 2.58 bits per heavy atom. The van der Waals surface area contributed by atoms with Crippen LogP contribution in [0.4, 0.5) is 0 Å². The van der Waals surface area contributed by atoms with Crippen LogP contribution < -0.4 is 11.1 Å². The molecule has 6 heteroatoms. The van der Waals surface area contributed by atoms with E-state index in [1.165, 1.54) is 6.42 Å². The third-order valence-electron chi connectivity index (χ3n) is 3.72. The Morgan fingerprint density at radius 2 is 2.05 bits per heavy atom. The molecule has 0 aromatic carbocycles. The molecule has 0 heterocycles. The molecule has 1 amide bonds. The van der Waals surface area contributed by atoms with Gasteiger partial charge >= 0.3 is 0 Å². The summed E-state index contributed by atoms with van der Waals surface area (Å²) in [5.74, 6) is -0.693. The molecule has 1 aliphatic rings. The van der Waals surface area contributed by atoms with Gasteiger partial charge in [-0.1, -0.05) is 31.8 Å². The van der Waals surface area contributed by atoms with Crippen molar-refractivity contribution in [2.24, 2.45) is 22.7 Å². The van der Waals surface area contributed by atoms with Crippen molar-refractivity contribution >= 4 is 23.5 Å². The number of nitrogens with two attached hydrogens (primary N) is 1. The van der Waals surface area contributed by atoms with Crippen LogP contribution in [0, 0.1) is 11.8 Å². The van der Waals surface area contributed by atoms with Crippen LogP contribution in [0.1, 0.15) is 39.5 Å². The Labute approximate surface area is 119 Å². The number of nitrogens with zero attached hydrogens (tertiary/aromatic N) is 1. The van der Waals surface area contributed by atoms with Crippen molar-refractivity contribution in [3.63, 3.8) is 0 Å². The van der Waals surface area contributed by atoms with Crippen LogP contribution in [0.15, 0.2) is 5.16 Å². The molecule has 0 aliphatic heterocycles. The monoisotopic (exact) mass is 287 g/mol. The number of hydrogen-bond acceptors (Lipinski definition) is 4. The van der Waals surface area contributed by atoms with Gasteiger partial charge in [0.1, 0.15) is 5.92 Å². The second kappa shape index (κ2) is 7.62. The summed E-state index contributed by atoms with van der Waals surface area (Å²) in [4.78, 5) is 12.3. The minimum Gasteiger partial charge on any atom is -0.409 e. The number of thioether (sulfide) groups is 1. The Hall–Kier alpha value is -0.910. The van der Waals surface area contributed by atoms with E-state index in [0.29, 0.717) is 5.25 Å². The normalized spacial score (nSPS) is 26.2. The highest BCUT2D eigenvalue weighted by Gasteiger charge is 2.31. The van der Waals surface area contributed by atoms with Crippen molar-refractivity contribution in [2.75, 3.05) is 6.26 Å². The third kappa shape index (κ3) is 4.30. The van der Waals surface area contributed by atoms with Crippen LogP contribution in [0.5, 0.6) is 0 Å². The number of carbonyl (C=O) groups excluding carboxylic acids is 1. The minimum absolute atomic E-state index is 0.00669. The second-order valence-corrected chi connectivity index (χ2v) is 6.50. The molecule has 3 unspecified atom stereocenters. The van der Waals surface area contributed by atoms with Gasteiger partial charge in [0.05, 0.1) is 0 Å². The predicted octanol–water partition coefficient (Wildman–Crippen LogP) is 1.80. The molecule has 3 atom stereocenters. The van der Waals surface area contributed by atoms with Gasteiger partial charge in [0, 0.05) is 11.3 Å². The first-order chi connectivity index (χ1) is 9.01. The topological polar surface area (TPSA) is 87.7 Å². The maximum atomic E-state index is 12.3. The molecule has 1 saturated carbocycles. The Morgan fingerprint density at radius 1 is 1.42 bits per heavy atom. The molecular formula is C13H25N3O2S. The summed E-state index contributed by atoms with van der Waals surface area (Å²) < 4.78 is 0. The predicted molar refractivity (Wildman–Crippen MR) is 79.4 cm³/mol. The number of amides is 1. The van der Waals surface area contributed by atoms with Crippen LogP contribution in [0.25, 0.3) is 0 Å². The first-order valence-corrected chi connectivity index (χ1v) is 8.10. The quantitative estimate of drug-likeness (QED) is 0.311. The molecule has 5 nitrogen and oxygen atoms in total. The molecule has 1 rings (SSSR count). The average molecular weight is 287 g/mol. The van der Waals surface area contributed by atoms with Crippen molar-refractivity contribution in [3.05, 3.63) is 0 Å².